The van der Waals surface area contributed by atoms with Gasteiger partial charge in [0, 0.05) is 28.2 Å². The monoisotopic (exact) mass is 542 g/mol. The number of hydrogen-bond donors (Lipinski definition) is 0. The average molecular weight is 543 g/mol. The fourth-order valence-electron chi connectivity index (χ4n) is 6.97. The molecular weight excluding hydrogens is 516 g/mol. The first-order valence-corrected chi connectivity index (χ1v) is 13.4. The number of nitrogens with zero attached hydrogens (tertiary/aromatic N) is 2. The Kier molecular flexibility index (Phi) is 5.64. The molecule has 1 spiro atoms. The predicted molar refractivity (Wildman–Crippen MR) is 153 cm³/mol. The highest BCUT2D eigenvalue weighted by Gasteiger charge is 2.73. The van der Waals surface area contributed by atoms with Crippen molar-refractivity contribution < 1.29 is 23.9 Å². The summed E-state index contributed by atoms with van der Waals surface area (Å²) in [5, 5.41) is 6.48. The Hall–Kier alpha value is -5.04. The zero-order valence-electron chi connectivity index (χ0n) is 22.5. The maximum atomic E-state index is 14.9. The lowest BCUT2D eigenvalue weighted by Gasteiger charge is -2.36. The Morgan fingerprint density at radius 2 is 1.44 bits per heavy atom. The largest absolute Gasteiger partial charge is 0.497 e. The number of ether oxygens (including phenoxy) is 2. The van der Waals surface area contributed by atoms with Crippen molar-refractivity contribution >= 4 is 23.6 Å². The third kappa shape index (κ3) is 3.32. The molecule has 1 aliphatic carbocycles. The van der Waals surface area contributed by atoms with E-state index in [1.807, 2.05) is 30.3 Å². The minimum atomic E-state index is -1.69. The van der Waals surface area contributed by atoms with Crippen LogP contribution in [0.4, 0.5) is 0 Å². The second-order valence-corrected chi connectivity index (χ2v) is 10.5. The van der Waals surface area contributed by atoms with Gasteiger partial charge in [0.2, 0.25) is 0 Å². The summed E-state index contributed by atoms with van der Waals surface area (Å²) in [6.07, 6.45) is 1.70. The lowest BCUT2D eigenvalue weighted by atomic mass is 9.62. The van der Waals surface area contributed by atoms with E-state index in [1.165, 1.54) is 7.11 Å². The highest BCUT2D eigenvalue weighted by atomic mass is 16.5. The fourth-order valence-corrected chi connectivity index (χ4v) is 6.97. The Balaban J connectivity index is 1.59. The molecule has 1 saturated heterocycles. The first-order chi connectivity index (χ1) is 20.0. The molecule has 202 valence electrons. The number of rotatable bonds is 5. The van der Waals surface area contributed by atoms with Crippen molar-refractivity contribution in [2.24, 2.45) is 10.5 Å². The van der Waals surface area contributed by atoms with Gasteiger partial charge in [0.15, 0.2) is 17.3 Å². The summed E-state index contributed by atoms with van der Waals surface area (Å²) in [4.78, 5) is 44.3. The van der Waals surface area contributed by atoms with Crippen molar-refractivity contribution in [2.45, 2.75) is 18.0 Å². The van der Waals surface area contributed by atoms with Crippen LogP contribution in [0.5, 0.6) is 11.5 Å². The van der Waals surface area contributed by atoms with Gasteiger partial charge in [-0.25, -0.2) is 0 Å². The molecule has 0 N–H and O–H groups in total. The van der Waals surface area contributed by atoms with E-state index in [1.54, 1.807) is 85.1 Å². The van der Waals surface area contributed by atoms with E-state index in [0.717, 1.165) is 11.1 Å². The van der Waals surface area contributed by atoms with E-state index in [-0.39, 0.29) is 17.3 Å². The minimum absolute atomic E-state index is 0.240. The molecule has 0 unspecified atom stereocenters. The van der Waals surface area contributed by atoms with Crippen molar-refractivity contribution in [3.8, 4) is 11.5 Å². The summed E-state index contributed by atoms with van der Waals surface area (Å²) in [5.41, 5.74) is 1.59. The van der Waals surface area contributed by atoms with Gasteiger partial charge in [-0.05, 0) is 29.3 Å². The van der Waals surface area contributed by atoms with Crippen LogP contribution in [-0.2, 0) is 0 Å². The zero-order valence-corrected chi connectivity index (χ0v) is 22.5. The second-order valence-electron chi connectivity index (χ2n) is 10.5. The highest BCUT2D eigenvalue weighted by molar-refractivity contribution is 6.31. The van der Waals surface area contributed by atoms with Gasteiger partial charge in [-0.2, -0.15) is 5.10 Å². The number of fused-ring (bicyclic) bond motifs is 5. The number of carbonyl (C=O) groups is 3. The van der Waals surface area contributed by atoms with Crippen LogP contribution in [0.2, 0.25) is 0 Å². The lowest BCUT2D eigenvalue weighted by molar-refractivity contribution is 0.0585. The third-order valence-electron chi connectivity index (χ3n) is 8.67. The molecule has 3 aliphatic rings. The lowest BCUT2D eigenvalue weighted by Crippen LogP contribution is -2.44. The number of benzene rings is 4. The van der Waals surface area contributed by atoms with Gasteiger partial charge in [0.25, 0.3) is 0 Å². The molecule has 2 heterocycles. The molecule has 0 saturated carbocycles. The van der Waals surface area contributed by atoms with Gasteiger partial charge >= 0.3 is 0 Å². The van der Waals surface area contributed by atoms with E-state index in [4.69, 9.17) is 14.6 Å². The van der Waals surface area contributed by atoms with E-state index >= 15 is 0 Å². The van der Waals surface area contributed by atoms with E-state index in [9.17, 15) is 14.4 Å². The molecule has 7 nitrogen and oxygen atoms in total. The SMILES string of the molecule is COc1ccc(OC)c([C@H]2[C@H](C(=O)c3ccccc3)N3N=Cc4ccccc4[C@@H]3C23C(=O)c2ccccc2C3=O)c1. The van der Waals surface area contributed by atoms with Crippen LogP contribution in [0, 0.1) is 5.41 Å². The smallest absolute Gasteiger partial charge is 0.187 e. The molecule has 1 fully saturated rings. The number of ketones is 3. The summed E-state index contributed by atoms with van der Waals surface area (Å²) < 4.78 is 11.4. The maximum Gasteiger partial charge on any atom is 0.187 e. The summed E-state index contributed by atoms with van der Waals surface area (Å²) in [6.45, 7) is 0. The average Bonchev–Trinajstić information content (AvgIpc) is 3.46. The van der Waals surface area contributed by atoms with Crippen LogP contribution >= 0.6 is 0 Å². The Morgan fingerprint density at radius 3 is 2.12 bits per heavy atom. The number of methoxy groups -OCH3 is 2. The van der Waals surface area contributed by atoms with Crippen LogP contribution in [0.25, 0.3) is 0 Å². The number of Topliss-reactive ketones (excluding diaryl/α,β-unsaturated/α-hetero) is 3. The zero-order chi connectivity index (χ0) is 28.3. The fraction of sp³-hybridized carbons (Fsp3) is 0.176. The van der Waals surface area contributed by atoms with Crippen molar-refractivity contribution in [1.29, 1.82) is 0 Å². The van der Waals surface area contributed by atoms with Crippen molar-refractivity contribution in [1.82, 2.24) is 5.01 Å². The number of carbonyl (C=O) groups excluding carboxylic acids is 3. The molecule has 7 rings (SSSR count). The van der Waals surface area contributed by atoms with Crippen LogP contribution in [0.3, 0.4) is 0 Å². The molecule has 0 radical (unpaired) electrons. The molecule has 0 aromatic heterocycles. The highest BCUT2D eigenvalue weighted by Crippen LogP contribution is 2.65. The molecule has 3 atom stereocenters. The first-order valence-electron chi connectivity index (χ1n) is 13.4. The maximum absolute atomic E-state index is 14.9. The summed E-state index contributed by atoms with van der Waals surface area (Å²) in [6, 6.07) is 26.9. The quantitative estimate of drug-likeness (QED) is 0.244. The third-order valence-corrected chi connectivity index (χ3v) is 8.67. The van der Waals surface area contributed by atoms with Gasteiger partial charge in [-0.3, -0.25) is 19.4 Å². The standard InChI is InChI=1S/C34H26N2O5/c1-40-22-16-17-27(41-2)26(18-22)28-29(30(37)20-10-4-3-5-11-20)36-31(23-13-7-6-12-21(23)19-35-36)34(28)32(38)24-14-8-9-15-25(24)33(34)39/h3-19,28-29,31H,1-2H3/t28-,29+,31+/m0/s1. The van der Waals surface area contributed by atoms with Crippen molar-refractivity contribution in [3.05, 3.63) is 130 Å². The van der Waals surface area contributed by atoms with Gasteiger partial charge in [0.05, 0.1) is 26.5 Å². The Labute approximate surface area is 237 Å². The van der Waals surface area contributed by atoms with Crippen molar-refractivity contribution in [2.75, 3.05) is 14.2 Å². The Morgan fingerprint density at radius 1 is 0.780 bits per heavy atom. The van der Waals surface area contributed by atoms with E-state index in [2.05, 4.69) is 0 Å². The number of hydrogen-bond acceptors (Lipinski definition) is 7. The van der Waals surface area contributed by atoms with Crippen LogP contribution < -0.4 is 9.47 Å². The second kappa shape index (κ2) is 9.27. The molecule has 0 amide bonds. The summed E-state index contributed by atoms with van der Waals surface area (Å²) in [5.74, 6) is -0.853. The van der Waals surface area contributed by atoms with E-state index in [0.29, 0.717) is 33.8 Å². The van der Waals surface area contributed by atoms with Crippen LogP contribution in [0.15, 0.2) is 102 Å². The summed E-state index contributed by atoms with van der Waals surface area (Å²) in [7, 11) is 3.09. The Bertz CT molecular complexity index is 1730. The molecule has 0 bridgehead atoms. The molecule has 4 aromatic carbocycles. The van der Waals surface area contributed by atoms with Crippen LogP contribution in [-0.4, -0.2) is 48.8 Å². The van der Waals surface area contributed by atoms with Gasteiger partial charge in [-0.15, -0.1) is 0 Å². The van der Waals surface area contributed by atoms with Gasteiger partial charge in [0.1, 0.15) is 23.0 Å². The first kappa shape index (κ1) is 25.0. The van der Waals surface area contributed by atoms with Crippen molar-refractivity contribution in [3.63, 3.8) is 0 Å². The molecule has 41 heavy (non-hydrogen) atoms. The summed E-state index contributed by atoms with van der Waals surface area (Å²) >= 11 is 0. The predicted octanol–water partition coefficient (Wildman–Crippen LogP) is 5.51. The normalized spacial score (nSPS) is 21.4. The molecule has 2 aliphatic heterocycles. The van der Waals surface area contributed by atoms with Crippen LogP contribution in [0.1, 0.15) is 59.7 Å². The topological polar surface area (TPSA) is 85.3 Å². The molecule has 4 aromatic rings. The minimum Gasteiger partial charge on any atom is -0.497 e. The number of hydrazone groups is 1. The molecule has 7 heteroatoms. The van der Waals surface area contributed by atoms with Gasteiger partial charge in [-0.1, -0.05) is 78.9 Å². The van der Waals surface area contributed by atoms with Gasteiger partial charge < -0.3 is 9.47 Å². The van der Waals surface area contributed by atoms with E-state index < -0.39 is 23.4 Å². The molecular formula is C34H26N2O5.